The molecule has 4 rings (SSSR count). The summed E-state index contributed by atoms with van der Waals surface area (Å²) in [5.41, 5.74) is 3.44. The highest BCUT2D eigenvalue weighted by molar-refractivity contribution is 7.12. The minimum atomic E-state index is -0.169. The maximum Gasteiger partial charge on any atom is 0.265 e. The summed E-state index contributed by atoms with van der Waals surface area (Å²) in [6.45, 7) is 2.60. The maximum atomic E-state index is 12.7. The van der Waals surface area contributed by atoms with Crippen molar-refractivity contribution in [3.05, 3.63) is 82.0 Å². The number of nitrogens with one attached hydrogen (secondary N) is 2. The van der Waals surface area contributed by atoms with Gasteiger partial charge in [0.05, 0.1) is 4.88 Å². The number of benzene rings is 2. The van der Waals surface area contributed by atoms with Crippen LogP contribution in [-0.2, 0) is 6.54 Å². The highest BCUT2D eigenvalue weighted by Gasteiger charge is 2.16. The first-order valence-corrected chi connectivity index (χ1v) is 10.6. The number of hydrogen-bond acceptors (Lipinski definition) is 4. The lowest BCUT2D eigenvalue weighted by Gasteiger charge is -2.21. The third-order valence-corrected chi connectivity index (χ3v) is 5.87. The number of rotatable bonds is 6. The lowest BCUT2D eigenvalue weighted by Crippen LogP contribution is -2.25. The van der Waals surface area contributed by atoms with Gasteiger partial charge in [-0.05, 0) is 54.1 Å². The Morgan fingerprint density at radius 2 is 1.76 bits per heavy atom. The van der Waals surface area contributed by atoms with Gasteiger partial charge in [0.1, 0.15) is 0 Å². The number of hydrogen-bond donors (Lipinski definition) is 2. The van der Waals surface area contributed by atoms with Crippen molar-refractivity contribution in [3.63, 3.8) is 0 Å². The normalized spacial score (nSPS) is 13.3. The van der Waals surface area contributed by atoms with Crippen molar-refractivity contribution in [1.82, 2.24) is 5.32 Å². The Hall–Kier alpha value is -3.12. The Bertz CT molecular complexity index is 995. The van der Waals surface area contributed by atoms with Crippen LogP contribution in [0.3, 0.4) is 0 Å². The fraction of sp³-hybridized carbons (Fsp3) is 0.217. The zero-order valence-corrected chi connectivity index (χ0v) is 16.9. The fourth-order valence-electron chi connectivity index (χ4n) is 3.54. The predicted octanol–water partition coefficient (Wildman–Crippen LogP) is 4.53. The Morgan fingerprint density at radius 1 is 0.931 bits per heavy atom. The van der Waals surface area contributed by atoms with Gasteiger partial charge in [-0.25, -0.2) is 0 Å². The summed E-state index contributed by atoms with van der Waals surface area (Å²) >= 11 is 1.38. The van der Waals surface area contributed by atoms with E-state index in [1.54, 1.807) is 30.3 Å². The molecule has 2 amide bonds. The van der Waals surface area contributed by atoms with Gasteiger partial charge in [-0.1, -0.05) is 30.3 Å². The molecule has 3 aromatic rings. The van der Waals surface area contributed by atoms with Crippen molar-refractivity contribution in [1.29, 1.82) is 0 Å². The molecule has 0 spiro atoms. The van der Waals surface area contributed by atoms with Gasteiger partial charge in [0, 0.05) is 36.6 Å². The first kappa shape index (κ1) is 19.2. The van der Waals surface area contributed by atoms with Crippen LogP contribution in [0, 0.1) is 0 Å². The SMILES string of the molecule is O=C(NCc1ccccc1N1CCCC1)c1cccc(NC(=O)c2cccs2)c1. The van der Waals surface area contributed by atoms with E-state index in [0.29, 0.717) is 22.7 Å². The smallest absolute Gasteiger partial charge is 0.265 e. The van der Waals surface area contributed by atoms with Gasteiger partial charge in [-0.2, -0.15) is 0 Å². The lowest BCUT2D eigenvalue weighted by molar-refractivity contribution is 0.0949. The summed E-state index contributed by atoms with van der Waals surface area (Å²) in [6, 6.07) is 18.8. The van der Waals surface area contributed by atoms with E-state index in [4.69, 9.17) is 0 Å². The highest BCUT2D eigenvalue weighted by atomic mass is 32.1. The predicted molar refractivity (Wildman–Crippen MR) is 118 cm³/mol. The van der Waals surface area contributed by atoms with E-state index in [2.05, 4.69) is 27.7 Å². The average molecular weight is 406 g/mol. The number of carbonyl (C=O) groups excluding carboxylic acids is 2. The van der Waals surface area contributed by atoms with Gasteiger partial charge in [0.15, 0.2) is 0 Å². The molecular formula is C23H23N3O2S. The zero-order chi connectivity index (χ0) is 20.1. The molecule has 1 fully saturated rings. The number of anilines is 2. The molecule has 148 valence electrons. The Labute approximate surface area is 174 Å². The van der Waals surface area contributed by atoms with Crippen molar-refractivity contribution in [2.24, 2.45) is 0 Å². The molecule has 0 bridgehead atoms. The van der Waals surface area contributed by atoms with E-state index in [-0.39, 0.29) is 11.8 Å². The third kappa shape index (κ3) is 4.66. The number of para-hydroxylation sites is 1. The van der Waals surface area contributed by atoms with Crippen LogP contribution >= 0.6 is 11.3 Å². The molecule has 0 radical (unpaired) electrons. The maximum absolute atomic E-state index is 12.7. The van der Waals surface area contributed by atoms with Crippen molar-refractivity contribution in [3.8, 4) is 0 Å². The van der Waals surface area contributed by atoms with Crippen LogP contribution in [0.4, 0.5) is 11.4 Å². The molecule has 29 heavy (non-hydrogen) atoms. The van der Waals surface area contributed by atoms with Crippen molar-refractivity contribution < 1.29 is 9.59 Å². The molecule has 0 aliphatic carbocycles. The summed E-state index contributed by atoms with van der Waals surface area (Å²) < 4.78 is 0. The van der Waals surface area contributed by atoms with Gasteiger partial charge in [-0.15, -0.1) is 11.3 Å². The average Bonchev–Trinajstić information content (AvgIpc) is 3.47. The Balaban J connectivity index is 1.41. The molecule has 1 aliphatic heterocycles. The molecule has 1 saturated heterocycles. The third-order valence-electron chi connectivity index (χ3n) is 5.01. The fourth-order valence-corrected chi connectivity index (χ4v) is 4.16. The van der Waals surface area contributed by atoms with E-state index >= 15 is 0 Å². The molecule has 0 unspecified atom stereocenters. The molecule has 2 heterocycles. The van der Waals surface area contributed by atoms with Crippen LogP contribution in [0.1, 0.15) is 38.4 Å². The molecule has 0 saturated carbocycles. The van der Waals surface area contributed by atoms with Crippen molar-refractivity contribution in [2.75, 3.05) is 23.3 Å². The summed E-state index contributed by atoms with van der Waals surface area (Å²) in [4.78, 5) is 27.9. The molecule has 6 heteroatoms. The summed E-state index contributed by atoms with van der Waals surface area (Å²) in [5, 5.41) is 7.72. The van der Waals surface area contributed by atoms with Gasteiger partial charge in [0.25, 0.3) is 11.8 Å². The Kier molecular flexibility index (Phi) is 5.91. The molecule has 2 aromatic carbocycles. The second-order valence-corrected chi connectivity index (χ2v) is 7.97. The number of nitrogens with zero attached hydrogens (tertiary/aromatic N) is 1. The van der Waals surface area contributed by atoms with Gasteiger partial charge in [-0.3, -0.25) is 9.59 Å². The molecule has 1 aromatic heterocycles. The number of thiophene rings is 1. The number of amides is 2. The second kappa shape index (κ2) is 8.92. The summed E-state index contributed by atoms with van der Waals surface area (Å²) in [6.07, 6.45) is 2.43. The molecule has 2 N–H and O–H groups in total. The van der Waals surface area contributed by atoms with Crippen LogP contribution in [0.5, 0.6) is 0 Å². The van der Waals surface area contributed by atoms with E-state index in [1.807, 2.05) is 23.6 Å². The van der Waals surface area contributed by atoms with Crippen LogP contribution < -0.4 is 15.5 Å². The van der Waals surface area contributed by atoms with Gasteiger partial charge in [0.2, 0.25) is 0 Å². The minimum absolute atomic E-state index is 0.159. The van der Waals surface area contributed by atoms with Crippen LogP contribution in [0.2, 0.25) is 0 Å². The second-order valence-electron chi connectivity index (χ2n) is 7.02. The lowest BCUT2D eigenvalue weighted by atomic mass is 10.1. The molecule has 0 atom stereocenters. The Morgan fingerprint density at radius 3 is 2.55 bits per heavy atom. The topological polar surface area (TPSA) is 61.4 Å². The molecule has 5 nitrogen and oxygen atoms in total. The number of carbonyl (C=O) groups is 2. The summed E-state index contributed by atoms with van der Waals surface area (Å²) in [7, 11) is 0. The van der Waals surface area contributed by atoms with Crippen LogP contribution in [-0.4, -0.2) is 24.9 Å². The first-order chi connectivity index (χ1) is 14.2. The van der Waals surface area contributed by atoms with Gasteiger partial charge < -0.3 is 15.5 Å². The minimum Gasteiger partial charge on any atom is -0.371 e. The summed E-state index contributed by atoms with van der Waals surface area (Å²) in [5.74, 6) is -0.328. The standard InChI is InChI=1S/C23H23N3O2S/c27-22(24-16-18-7-1-2-10-20(18)26-12-3-4-13-26)17-8-5-9-19(15-17)25-23(28)21-11-6-14-29-21/h1-2,5-11,14-15H,3-4,12-13,16H2,(H,24,27)(H,25,28). The van der Waals surface area contributed by atoms with E-state index < -0.39 is 0 Å². The first-order valence-electron chi connectivity index (χ1n) is 9.77. The molecular weight excluding hydrogens is 382 g/mol. The highest BCUT2D eigenvalue weighted by Crippen LogP contribution is 2.24. The van der Waals surface area contributed by atoms with Crippen molar-refractivity contribution >= 4 is 34.5 Å². The van der Waals surface area contributed by atoms with Crippen LogP contribution in [0.15, 0.2) is 66.0 Å². The molecule has 1 aliphatic rings. The monoisotopic (exact) mass is 405 g/mol. The largest absolute Gasteiger partial charge is 0.371 e. The van der Waals surface area contributed by atoms with E-state index in [1.165, 1.54) is 29.9 Å². The van der Waals surface area contributed by atoms with E-state index in [9.17, 15) is 9.59 Å². The van der Waals surface area contributed by atoms with Crippen LogP contribution in [0.25, 0.3) is 0 Å². The zero-order valence-electron chi connectivity index (χ0n) is 16.1. The van der Waals surface area contributed by atoms with Crippen molar-refractivity contribution in [2.45, 2.75) is 19.4 Å². The van der Waals surface area contributed by atoms with Gasteiger partial charge >= 0.3 is 0 Å². The van der Waals surface area contributed by atoms with E-state index in [0.717, 1.165) is 18.7 Å². The quantitative estimate of drug-likeness (QED) is 0.633.